The number of aryl methyl sites for hydroxylation is 1. The number of primary amides is 1. The second-order valence-electron chi connectivity index (χ2n) is 5.13. The van der Waals surface area contributed by atoms with Crippen LogP contribution in [0.25, 0.3) is 0 Å². The molecule has 6 nitrogen and oxygen atoms in total. The Morgan fingerprint density at radius 2 is 1.96 bits per heavy atom. The van der Waals surface area contributed by atoms with Crippen LogP contribution in [0.4, 0.5) is 5.69 Å². The molecule has 24 heavy (non-hydrogen) atoms. The van der Waals surface area contributed by atoms with E-state index in [-0.39, 0.29) is 18.7 Å². The van der Waals surface area contributed by atoms with Crippen molar-refractivity contribution < 1.29 is 9.59 Å². The van der Waals surface area contributed by atoms with Gasteiger partial charge in [0.25, 0.3) is 0 Å². The number of hydrazone groups is 1. The second-order valence-corrected chi connectivity index (χ2v) is 6.37. The molecule has 1 heterocycles. The highest BCUT2D eigenvalue weighted by atomic mass is 127. The van der Waals surface area contributed by atoms with Crippen LogP contribution in [0.5, 0.6) is 0 Å². The van der Waals surface area contributed by atoms with Crippen LogP contribution in [0.2, 0.25) is 0 Å². The van der Waals surface area contributed by atoms with E-state index in [1.807, 2.05) is 25.1 Å². The summed E-state index contributed by atoms with van der Waals surface area (Å²) in [6.07, 6.45) is 4.88. The predicted molar refractivity (Wildman–Crippen MR) is 102 cm³/mol. The number of hydrogen-bond donors (Lipinski definition) is 1. The summed E-state index contributed by atoms with van der Waals surface area (Å²) in [5, 5.41) is 5.62. The van der Waals surface area contributed by atoms with E-state index in [0.717, 1.165) is 14.7 Å². The third-order valence-corrected chi connectivity index (χ3v) is 3.91. The van der Waals surface area contributed by atoms with E-state index in [1.165, 1.54) is 5.01 Å². The van der Waals surface area contributed by atoms with Gasteiger partial charge >= 0.3 is 0 Å². The number of hydrogen-bond acceptors (Lipinski definition) is 4. The quantitative estimate of drug-likeness (QED) is 0.429. The molecule has 0 aliphatic rings. The van der Waals surface area contributed by atoms with Crippen molar-refractivity contribution in [3.63, 3.8) is 0 Å². The van der Waals surface area contributed by atoms with E-state index in [0.29, 0.717) is 5.69 Å². The van der Waals surface area contributed by atoms with Crippen LogP contribution in [0, 0.1) is 10.5 Å². The fourth-order valence-corrected chi connectivity index (χ4v) is 2.67. The number of halogens is 1. The first-order valence-electron chi connectivity index (χ1n) is 7.29. The molecule has 2 aromatic rings. The molecule has 0 spiro atoms. The molecule has 0 atom stereocenters. The zero-order valence-corrected chi connectivity index (χ0v) is 15.3. The maximum absolute atomic E-state index is 12.5. The minimum Gasteiger partial charge on any atom is -0.370 e. The lowest BCUT2D eigenvalue weighted by Crippen LogP contribution is -2.27. The minimum absolute atomic E-state index is 0.00838. The van der Waals surface area contributed by atoms with Crippen molar-refractivity contribution in [3.05, 3.63) is 57.4 Å². The zero-order chi connectivity index (χ0) is 17.5. The van der Waals surface area contributed by atoms with Crippen molar-refractivity contribution in [3.8, 4) is 0 Å². The second kappa shape index (κ2) is 8.53. The third kappa shape index (κ3) is 5.12. The molecular weight excluding hydrogens is 419 g/mol. The maximum atomic E-state index is 12.5. The number of anilines is 1. The van der Waals surface area contributed by atoms with E-state index in [1.54, 1.807) is 30.7 Å². The molecule has 0 aliphatic carbocycles. The Bertz CT molecular complexity index is 762. The molecule has 0 fully saturated rings. The highest BCUT2D eigenvalue weighted by molar-refractivity contribution is 14.1. The molecule has 1 aromatic carbocycles. The van der Waals surface area contributed by atoms with Gasteiger partial charge in [0, 0.05) is 28.8 Å². The topological polar surface area (TPSA) is 88.7 Å². The van der Waals surface area contributed by atoms with Crippen molar-refractivity contribution in [1.29, 1.82) is 0 Å². The molecule has 0 aliphatic heterocycles. The monoisotopic (exact) mass is 436 g/mol. The highest BCUT2D eigenvalue weighted by Crippen LogP contribution is 2.23. The van der Waals surface area contributed by atoms with Crippen LogP contribution >= 0.6 is 22.6 Å². The fourth-order valence-electron chi connectivity index (χ4n) is 2.03. The molecule has 2 N–H and O–H groups in total. The predicted octanol–water partition coefficient (Wildman–Crippen LogP) is 2.63. The van der Waals surface area contributed by atoms with Gasteiger partial charge in [0.05, 0.1) is 11.9 Å². The Hall–Kier alpha value is -2.29. The normalized spacial score (nSPS) is 10.8. The van der Waals surface area contributed by atoms with E-state index >= 15 is 0 Å². The molecule has 2 rings (SSSR count). The summed E-state index contributed by atoms with van der Waals surface area (Å²) in [6.45, 7) is 1.91. The van der Waals surface area contributed by atoms with Gasteiger partial charge in [-0.25, -0.2) is 5.01 Å². The van der Waals surface area contributed by atoms with Gasteiger partial charge in [-0.2, -0.15) is 5.10 Å². The summed E-state index contributed by atoms with van der Waals surface area (Å²) >= 11 is 2.21. The molecule has 1 aromatic heterocycles. The van der Waals surface area contributed by atoms with Gasteiger partial charge in [0.15, 0.2) is 0 Å². The van der Waals surface area contributed by atoms with Crippen LogP contribution in [-0.4, -0.2) is 23.0 Å². The largest absolute Gasteiger partial charge is 0.370 e. The lowest BCUT2D eigenvalue weighted by Gasteiger charge is -2.19. The van der Waals surface area contributed by atoms with Crippen LogP contribution in [0.3, 0.4) is 0 Å². The summed E-state index contributed by atoms with van der Waals surface area (Å²) in [7, 11) is 0. The number of benzene rings is 1. The van der Waals surface area contributed by atoms with E-state index in [9.17, 15) is 9.59 Å². The van der Waals surface area contributed by atoms with Gasteiger partial charge in [-0.05, 0) is 71.0 Å². The smallest absolute Gasteiger partial charge is 0.247 e. The lowest BCUT2D eigenvalue weighted by molar-refractivity contribution is -0.123. The Morgan fingerprint density at radius 1 is 1.25 bits per heavy atom. The number of rotatable bonds is 6. The number of aromatic nitrogens is 1. The summed E-state index contributed by atoms with van der Waals surface area (Å²) in [4.78, 5) is 27.4. The highest BCUT2D eigenvalue weighted by Gasteiger charge is 2.17. The molecule has 7 heteroatoms. The molecule has 2 amide bonds. The molecule has 0 radical (unpaired) electrons. The van der Waals surface area contributed by atoms with Gasteiger partial charge in [0.2, 0.25) is 11.8 Å². The number of nitrogens with zero attached hydrogens (tertiary/aromatic N) is 3. The summed E-state index contributed by atoms with van der Waals surface area (Å²) in [6, 6.07) is 9.28. The fraction of sp³-hybridized carbons (Fsp3) is 0.176. The first-order valence-corrected chi connectivity index (χ1v) is 8.36. The van der Waals surface area contributed by atoms with Crippen LogP contribution in [0.15, 0.2) is 47.8 Å². The Morgan fingerprint density at radius 3 is 2.58 bits per heavy atom. The van der Waals surface area contributed by atoms with Crippen LogP contribution < -0.4 is 10.7 Å². The van der Waals surface area contributed by atoms with Crippen molar-refractivity contribution in [2.24, 2.45) is 10.8 Å². The zero-order valence-electron chi connectivity index (χ0n) is 13.1. The van der Waals surface area contributed by atoms with Gasteiger partial charge in [-0.3, -0.25) is 14.6 Å². The van der Waals surface area contributed by atoms with E-state index in [4.69, 9.17) is 5.73 Å². The van der Waals surface area contributed by atoms with Gasteiger partial charge in [-0.1, -0.05) is 0 Å². The first-order chi connectivity index (χ1) is 11.5. The number of nitrogens with two attached hydrogens (primary N) is 1. The average molecular weight is 436 g/mol. The lowest BCUT2D eigenvalue weighted by atomic mass is 10.2. The number of carbonyl (C=O) groups excluding carboxylic acids is 2. The Labute approximate surface area is 153 Å². The Balaban J connectivity index is 2.31. The number of pyridine rings is 1. The molecule has 0 unspecified atom stereocenters. The summed E-state index contributed by atoms with van der Waals surface area (Å²) in [5.74, 6) is -0.802. The molecule has 0 saturated carbocycles. The van der Waals surface area contributed by atoms with Crippen LogP contribution in [0.1, 0.15) is 24.0 Å². The number of amides is 2. The van der Waals surface area contributed by atoms with Crippen molar-refractivity contribution in [2.45, 2.75) is 19.8 Å². The summed E-state index contributed by atoms with van der Waals surface area (Å²) < 4.78 is 1.07. The SMILES string of the molecule is Cc1cc(I)ccc1N(/N=C/c1ccncc1)C(=O)CCC(N)=O. The van der Waals surface area contributed by atoms with Crippen molar-refractivity contribution in [2.75, 3.05) is 5.01 Å². The standard InChI is InChI=1S/C17H17IN4O2/c1-12-10-14(18)2-3-15(12)22(17(24)5-4-16(19)23)21-11-13-6-8-20-9-7-13/h2-3,6-11H,4-5H2,1H3,(H2,19,23)/b21-11+. The molecular formula is C17H17IN4O2. The van der Waals surface area contributed by atoms with Gasteiger partial charge in [-0.15, -0.1) is 0 Å². The van der Waals surface area contributed by atoms with E-state index < -0.39 is 5.91 Å². The third-order valence-electron chi connectivity index (χ3n) is 3.24. The molecule has 0 saturated heterocycles. The van der Waals surface area contributed by atoms with E-state index in [2.05, 4.69) is 32.7 Å². The number of carbonyl (C=O) groups is 2. The Kier molecular flexibility index (Phi) is 6.42. The van der Waals surface area contributed by atoms with Crippen molar-refractivity contribution >= 4 is 46.3 Å². The first kappa shape index (κ1) is 18.1. The average Bonchev–Trinajstić information content (AvgIpc) is 2.55. The maximum Gasteiger partial charge on any atom is 0.247 e. The van der Waals surface area contributed by atoms with Crippen molar-refractivity contribution in [1.82, 2.24) is 4.98 Å². The van der Waals surface area contributed by atoms with Gasteiger partial charge in [0.1, 0.15) is 0 Å². The molecule has 124 valence electrons. The molecule has 0 bridgehead atoms. The van der Waals surface area contributed by atoms with Crippen LogP contribution in [-0.2, 0) is 9.59 Å². The minimum atomic E-state index is -0.513. The van der Waals surface area contributed by atoms with Gasteiger partial charge < -0.3 is 5.73 Å². The summed E-state index contributed by atoms with van der Waals surface area (Å²) in [5.41, 5.74) is 7.55.